The lowest BCUT2D eigenvalue weighted by molar-refractivity contribution is -0.114. The highest BCUT2D eigenvalue weighted by atomic mass is 16.5. The molecule has 0 spiro atoms. The summed E-state index contributed by atoms with van der Waals surface area (Å²) in [6, 6.07) is 0. The van der Waals surface area contributed by atoms with Gasteiger partial charge in [-0.1, -0.05) is 32.1 Å². The van der Waals surface area contributed by atoms with Gasteiger partial charge in [0.2, 0.25) is 0 Å². The van der Waals surface area contributed by atoms with E-state index < -0.39 is 0 Å². The summed E-state index contributed by atoms with van der Waals surface area (Å²) in [6.07, 6.45) is 10.8. The second-order valence-electron chi connectivity index (χ2n) is 4.16. The summed E-state index contributed by atoms with van der Waals surface area (Å²) in [4.78, 5) is 11.5. The third-order valence-electron chi connectivity index (χ3n) is 2.80. The van der Waals surface area contributed by atoms with Crippen molar-refractivity contribution in [3.63, 3.8) is 0 Å². The van der Waals surface area contributed by atoms with E-state index in [-0.39, 0.29) is 17.9 Å². The fourth-order valence-electron chi connectivity index (χ4n) is 1.45. The van der Waals surface area contributed by atoms with Crippen LogP contribution in [0.2, 0.25) is 0 Å². The molecule has 0 unspecified atom stereocenters. The first kappa shape index (κ1) is 18.6. The first-order valence-electron chi connectivity index (χ1n) is 6.54. The fraction of sp³-hybridized carbons (Fsp3) is 0.294. The van der Waals surface area contributed by atoms with E-state index in [1.165, 1.54) is 0 Å². The van der Waals surface area contributed by atoms with Gasteiger partial charge in [0, 0.05) is 18.3 Å². The van der Waals surface area contributed by atoms with Crippen molar-refractivity contribution in [3.8, 4) is 12.3 Å². The van der Waals surface area contributed by atoms with E-state index in [0.717, 1.165) is 18.2 Å². The number of methoxy groups -OCH3 is 1. The van der Waals surface area contributed by atoms with Gasteiger partial charge in [0.1, 0.15) is 5.76 Å². The average Bonchev–Trinajstić information content (AvgIpc) is 2.52. The van der Waals surface area contributed by atoms with Gasteiger partial charge in [-0.25, -0.2) is 0 Å². The first-order chi connectivity index (χ1) is 10.0. The lowest BCUT2D eigenvalue weighted by atomic mass is 10.1. The molecular formula is C17H22N2O2. The molecule has 0 bridgehead atoms. The Bertz CT molecular complexity index is 519. The largest absolute Gasteiger partial charge is 0.496 e. The maximum absolute atomic E-state index is 11.5. The van der Waals surface area contributed by atoms with Crippen LogP contribution < -0.4 is 5.32 Å². The minimum Gasteiger partial charge on any atom is -0.496 e. The van der Waals surface area contributed by atoms with Gasteiger partial charge in [0.25, 0.3) is 0 Å². The summed E-state index contributed by atoms with van der Waals surface area (Å²) >= 11 is 0. The Hall–Kier alpha value is -2.38. The van der Waals surface area contributed by atoms with Crippen molar-refractivity contribution in [1.29, 1.82) is 5.41 Å². The molecule has 0 rings (SSSR count). The van der Waals surface area contributed by atoms with E-state index in [2.05, 4.69) is 24.4 Å². The Morgan fingerprint density at radius 1 is 1.48 bits per heavy atom. The molecular weight excluding hydrogens is 264 g/mol. The molecule has 0 heterocycles. The van der Waals surface area contributed by atoms with E-state index in [1.807, 2.05) is 13.0 Å². The van der Waals surface area contributed by atoms with Gasteiger partial charge in [-0.15, -0.1) is 6.42 Å². The van der Waals surface area contributed by atoms with Crippen molar-refractivity contribution in [1.82, 2.24) is 5.32 Å². The molecule has 0 aromatic heterocycles. The molecule has 0 radical (unpaired) electrons. The number of allylic oxidation sites excluding steroid dienone is 3. The summed E-state index contributed by atoms with van der Waals surface area (Å²) in [5.74, 6) is 2.89. The van der Waals surface area contributed by atoms with Crippen LogP contribution in [0.5, 0.6) is 0 Å². The minimum atomic E-state index is -0.240. The minimum absolute atomic E-state index is 0.0716. The topological polar surface area (TPSA) is 62.2 Å². The standard InChI is InChI=1S/C17H22N2O2/c1-6-14(7-2)9-17(21-5)15(8-3)11-19-12-16(20)13(4)10-18/h3,6,9-10,18-19H,1,4,7,11-12H2,2,5H3/b14-9+,17-15+,18-10?. The number of hydrogen-bond donors (Lipinski definition) is 2. The van der Waals surface area contributed by atoms with Crippen molar-refractivity contribution >= 4 is 12.0 Å². The molecule has 0 aromatic carbocycles. The van der Waals surface area contributed by atoms with Gasteiger partial charge in [0.05, 0.1) is 19.2 Å². The maximum atomic E-state index is 11.5. The van der Waals surface area contributed by atoms with Crippen LogP contribution in [0.15, 0.2) is 47.8 Å². The highest BCUT2D eigenvalue weighted by molar-refractivity contribution is 6.12. The Morgan fingerprint density at radius 2 is 2.14 bits per heavy atom. The smallest absolute Gasteiger partial charge is 0.177 e. The van der Waals surface area contributed by atoms with Gasteiger partial charge in [0.15, 0.2) is 5.78 Å². The number of carbonyl (C=O) groups is 1. The van der Waals surface area contributed by atoms with Crippen LogP contribution in [0.1, 0.15) is 13.3 Å². The van der Waals surface area contributed by atoms with Crippen LogP contribution in [-0.2, 0) is 9.53 Å². The van der Waals surface area contributed by atoms with E-state index in [0.29, 0.717) is 17.9 Å². The molecule has 0 aromatic rings. The fourth-order valence-corrected chi connectivity index (χ4v) is 1.45. The lowest BCUT2D eigenvalue weighted by Gasteiger charge is -2.09. The number of rotatable bonds is 10. The third-order valence-corrected chi connectivity index (χ3v) is 2.80. The Morgan fingerprint density at radius 3 is 2.57 bits per heavy atom. The van der Waals surface area contributed by atoms with Crippen LogP contribution in [-0.4, -0.2) is 32.2 Å². The molecule has 0 saturated heterocycles. The van der Waals surface area contributed by atoms with Gasteiger partial charge in [-0.3, -0.25) is 4.79 Å². The molecule has 2 N–H and O–H groups in total. The number of Topliss-reactive ketones (excluding diaryl/α,β-unsaturated/α-hetero) is 1. The molecule has 0 atom stereocenters. The van der Waals surface area contributed by atoms with Crippen molar-refractivity contribution in [2.24, 2.45) is 0 Å². The summed E-state index contributed by atoms with van der Waals surface area (Å²) in [6.45, 7) is 9.61. The summed E-state index contributed by atoms with van der Waals surface area (Å²) in [5.41, 5.74) is 1.77. The maximum Gasteiger partial charge on any atom is 0.177 e. The van der Waals surface area contributed by atoms with Gasteiger partial charge in [-0.2, -0.15) is 0 Å². The molecule has 0 aliphatic carbocycles. The second-order valence-corrected chi connectivity index (χ2v) is 4.16. The van der Waals surface area contributed by atoms with E-state index >= 15 is 0 Å². The Kier molecular flexibility index (Phi) is 9.23. The predicted molar refractivity (Wildman–Crippen MR) is 87.2 cm³/mol. The summed E-state index contributed by atoms with van der Waals surface area (Å²) in [7, 11) is 1.54. The summed E-state index contributed by atoms with van der Waals surface area (Å²) < 4.78 is 5.30. The first-order valence-corrected chi connectivity index (χ1v) is 6.54. The molecule has 0 amide bonds. The van der Waals surface area contributed by atoms with E-state index in [9.17, 15) is 4.79 Å². The molecule has 112 valence electrons. The molecule has 4 heteroatoms. The van der Waals surface area contributed by atoms with Crippen LogP contribution >= 0.6 is 0 Å². The molecule has 0 aliphatic rings. The van der Waals surface area contributed by atoms with Crippen LogP contribution in [0.25, 0.3) is 0 Å². The summed E-state index contributed by atoms with van der Waals surface area (Å²) in [5, 5.41) is 9.89. The number of hydrogen-bond acceptors (Lipinski definition) is 4. The second kappa shape index (κ2) is 10.4. The zero-order valence-corrected chi connectivity index (χ0v) is 12.7. The Balaban J connectivity index is 4.92. The van der Waals surface area contributed by atoms with E-state index in [1.54, 1.807) is 13.2 Å². The average molecular weight is 286 g/mol. The van der Waals surface area contributed by atoms with Crippen molar-refractivity contribution in [2.75, 3.05) is 20.2 Å². The molecule has 0 saturated carbocycles. The van der Waals surface area contributed by atoms with Crippen molar-refractivity contribution in [2.45, 2.75) is 13.3 Å². The zero-order valence-electron chi connectivity index (χ0n) is 12.7. The number of ether oxygens (including phenoxy) is 1. The van der Waals surface area contributed by atoms with Gasteiger partial charge in [-0.05, 0) is 18.1 Å². The van der Waals surface area contributed by atoms with Crippen LogP contribution in [0.3, 0.4) is 0 Å². The van der Waals surface area contributed by atoms with Gasteiger partial charge >= 0.3 is 0 Å². The number of carbonyl (C=O) groups excluding carboxylic acids is 1. The SMILES string of the molecule is C#C/C(CNCC(=O)C(=C)C=N)=C(/C=C(\C=C)CC)OC. The Labute approximate surface area is 126 Å². The predicted octanol–water partition coefficient (Wildman–Crippen LogP) is 2.41. The van der Waals surface area contributed by atoms with E-state index in [4.69, 9.17) is 16.6 Å². The highest BCUT2D eigenvalue weighted by Gasteiger charge is 2.07. The zero-order chi connectivity index (χ0) is 16.3. The molecule has 0 fully saturated rings. The normalized spacial score (nSPS) is 12.0. The molecule has 4 nitrogen and oxygen atoms in total. The number of nitrogens with one attached hydrogen (secondary N) is 2. The van der Waals surface area contributed by atoms with Crippen LogP contribution in [0.4, 0.5) is 0 Å². The lowest BCUT2D eigenvalue weighted by Crippen LogP contribution is -2.26. The van der Waals surface area contributed by atoms with Gasteiger partial charge < -0.3 is 15.5 Å². The highest BCUT2D eigenvalue weighted by Crippen LogP contribution is 2.12. The number of ketones is 1. The quantitative estimate of drug-likeness (QED) is 0.213. The monoisotopic (exact) mass is 286 g/mol. The van der Waals surface area contributed by atoms with Crippen molar-refractivity contribution in [3.05, 3.63) is 47.8 Å². The van der Waals surface area contributed by atoms with Crippen molar-refractivity contribution < 1.29 is 9.53 Å². The number of terminal acetylenes is 1. The van der Waals surface area contributed by atoms with Crippen LogP contribution in [0, 0.1) is 17.8 Å². The third kappa shape index (κ3) is 6.55. The molecule has 0 aliphatic heterocycles. The molecule has 21 heavy (non-hydrogen) atoms.